The standard InChI is InChI=1S/C16H24N2O/c17-12-15(13-6-2-1-3-7-13)18-10-11-19-16-9-5-4-8-14(16)18/h1-3,6-7,14-16H,4-5,8-12,17H2. The molecule has 1 saturated heterocycles. The highest BCUT2D eigenvalue weighted by atomic mass is 16.5. The molecular weight excluding hydrogens is 236 g/mol. The average Bonchev–Trinajstić information content (AvgIpc) is 2.49. The molecule has 3 atom stereocenters. The number of ether oxygens (including phenoxy) is 1. The largest absolute Gasteiger partial charge is 0.375 e. The van der Waals surface area contributed by atoms with Crippen molar-refractivity contribution in [2.24, 2.45) is 5.73 Å². The molecule has 1 aliphatic carbocycles. The fourth-order valence-corrected chi connectivity index (χ4v) is 3.65. The van der Waals surface area contributed by atoms with E-state index in [0.29, 0.717) is 24.7 Å². The fraction of sp³-hybridized carbons (Fsp3) is 0.625. The average molecular weight is 260 g/mol. The number of nitrogens with zero attached hydrogens (tertiary/aromatic N) is 1. The zero-order valence-electron chi connectivity index (χ0n) is 11.5. The maximum atomic E-state index is 6.07. The van der Waals surface area contributed by atoms with Gasteiger partial charge in [0.2, 0.25) is 0 Å². The third kappa shape index (κ3) is 2.69. The van der Waals surface area contributed by atoms with Crippen LogP contribution >= 0.6 is 0 Å². The van der Waals surface area contributed by atoms with Crippen molar-refractivity contribution in [2.75, 3.05) is 19.7 Å². The minimum Gasteiger partial charge on any atom is -0.375 e. The van der Waals surface area contributed by atoms with Crippen LogP contribution in [0, 0.1) is 0 Å². The van der Waals surface area contributed by atoms with Crippen LogP contribution in [0.4, 0.5) is 0 Å². The topological polar surface area (TPSA) is 38.5 Å². The van der Waals surface area contributed by atoms with E-state index in [4.69, 9.17) is 10.5 Å². The van der Waals surface area contributed by atoms with Gasteiger partial charge in [-0.25, -0.2) is 0 Å². The first kappa shape index (κ1) is 13.1. The fourth-order valence-electron chi connectivity index (χ4n) is 3.65. The molecule has 2 N–H and O–H groups in total. The van der Waals surface area contributed by atoms with E-state index in [2.05, 4.69) is 35.2 Å². The van der Waals surface area contributed by atoms with Crippen LogP contribution in [0.2, 0.25) is 0 Å². The van der Waals surface area contributed by atoms with Crippen LogP contribution in [-0.2, 0) is 4.74 Å². The SMILES string of the molecule is NCC(c1ccccc1)N1CCOC2CCCCC21. The van der Waals surface area contributed by atoms with Crippen molar-refractivity contribution >= 4 is 0 Å². The third-order valence-electron chi connectivity index (χ3n) is 4.58. The van der Waals surface area contributed by atoms with Crippen LogP contribution < -0.4 is 5.73 Å². The summed E-state index contributed by atoms with van der Waals surface area (Å²) in [5.41, 5.74) is 7.42. The van der Waals surface area contributed by atoms with Crippen molar-refractivity contribution in [1.29, 1.82) is 0 Å². The van der Waals surface area contributed by atoms with Gasteiger partial charge in [0.15, 0.2) is 0 Å². The van der Waals surface area contributed by atoms with E-state index in [1.54, 1.807) is 0 Å². The molecule has 3 unspecified atom stereocenters. The van der Waals surface area contributed by atoms with Crippen LogP contribution in [0.3, 0.4) is 0 Å². The Morgan fingerprint density at radius 3 is 2.79 bits per heavy atom. The molecule has 1 aliphatic heterocycles. The van der Waals surface area contributed by atoms with Crippen molar-refractivity contribution in [1.82, 2.24) is 4.90 Å². The summed E-state index contributed by atoms with van der Waals surface area (Å²) < 4.78 is 5.96. The van der Waals surface area contributed by atoms with E-state index < -0.39 is 0 Å². The zero-order chi connectivity index (χ0) is 13.1. The molecule has 0 spiro atoms. The van der Waals surface area contributed by atoms with E-state index >= 15 is 0 Å². The molecule has 0 amide bonds. The predicted molar refractivity (Wildman–Crippen MR) is 76.9 cm³/mol. The van der Waals surface area contributed by atoms with Crippen LogP contribution in [0.25, 0.3) is 0 Å². The first-order valence-corrected chi connectivity index (χ1v) is 7.52. The Balaban J connectivity index is 1.81. The van der Waals surface area contributed by atoms with Gasteiger partial charge < -0.3 is 10.5 Å². The minimum absolute atomic E-state index is 0.343. The normalized spacial score (nSPS) is 29.7. The lowest BCUT2D eigenvalue weighted by Gasteiger charge is -2.47. The van der Waals surface area contributed by atoms with Gasteiger partial charge >= 0.3 is 0 Å². The Morgan fingerprint density at radius 1 is 1.21 bits per heavy atom. The Kier molecular flexibility index (Phi) is 4.16. The second-order valence-corrected chi connectivity index (χ2v) is 5.66. The highest BCUT2D eigenvalue weighted by molar-refractivity contribution is 5.20. The first-order chi connectivity index (χ1) is 9.40. The summed E-state index contributed by atoms with van der Waals surface area (Å²) in [5, 5.41) is 0. The maximum Gasteiger partial charge on any atom is 0.0731 e. The van der Waals surface area contributed by atoms with E-state index in [9.17, 15) is 0 Å². The van der Waals surface area contributed by atoms with Crippen LogP contribution in [0.5, 0.6) is 0 Å². The molecule has 2 aliphatic rings. The molecule has 3 nitrogen and oxygen atoms in total. The first-order valence-electron chi connectivity index (χ1n) is 7.52. The quantitative estimate of drug-likeness (QED) is 0.906. The molecule has 1 heterocycles. The molecule has 0 bridgehead atoms. The van der Waals surface area contributed by atoms with Gasteiger partial charge in [0.25, 0.3) is 0 Å². The highest BCUT2D eigenvalue weighted by Gasteiger charge is 2.37. The van der Waals surface area contributed by atoms with E-state index in [0.717, 1.165) is 13.2 Å². The molecular formula is C16H24N2O. The molecule has 1 saturated carbocycles. The lowest BCUT2D eigenvalue weighted by Crippen LogP contribution is -2.54. The van der Waals surface area contributed by atoms with Crippen LogP contribution in [0.15, 0.2) is 30.3 Å². The Hall–Kier alpha value is -0.900. The van der Waals surface area contributed by atoms with Crippen molar-refractivity contribution in [2.45, 2.75) is 43.9 Å². The Bertz CT molecular complexity index is 393. The van der Waals surface area contributed by atoms with Gasteiger partial charge in [-0.1, -0.05) is 43.2 Å². The van der Waals surface area contributed by atoms with Gasteiger partial charge in [0, 0.05) is 25.2 Å². The summed E-state index contributed by atoms with van der Waals surface area (Å²) in [5.74, 6) is 0. The summed E-state index contributed by atoms with van der Waals surface area (Å²) in [7, 11) is 0. The summed E-state index contributed by atoms with van der Waals surface area (Å²) in [6.45, 7) is 2.55. The van der Waals surface area contributed by atoms with Crippen molar-refractivity contribution in [3.8, 4) is 0 Å². The second-order valence-electron chi connectivity index (χ2n) is 5.66. The van der Waals surface area contributed by atoms with Gasteiger partial charge in [-0.05, 0) is 18.4 Å². The van der Waals surface area contributed by atoms with Crippen LogP contribution in [0.1, 0.15) is 37.3 Å². The molecule has 0 radical (unpaired) electrons. The molecule has 1 aromatic rings. The summed E-state index contributed by atoms with van der Waals surface area (Å²) in [4.78, 5) is 2.60. The second kappa shape index (κ2) is 6.04. The van der Waals surface area contributed by atoms with E-state index in [-0.39, 0.29) is 0 Å². The molecule has 19 heavy (non-hydrogen) atoms. The number of fused-ring (bicyclic) bond motifs is 1. The van der Waals surface area contributed by atoms with Crippen LogP contribution in [-0.4, -0.2) is 36.7 Å². The number of hydrogen-bond donors (Lipinski definition) is 1. The minimum atomic E-state index is 0.343. The van der Waals surface area contributed by atoms with Crippen molar-refractivity contribution < 1.29 is 4.74 Å². The summed E-state index contributed by atoms with van der Waals surface area (Å²) >= 11 is 0. The lowest BCUT2D eigenvalue weighted by atomic mass is 9.88. The molecule has 2 fully saturated rings. The predicted octanol–water partition coefficient (Wildman–Crippen LogP) is 2.33. The van der Waals surface area contributed by atoms with Gasteiger partial charge in [-0.2, -0.15) is 0 Å². The number of morpholine rings is 1. The van der Waals surface area contributed by atoms with Crippen molar-refractivity contribution in [3.63, 3.8) is 0 Å². The van der Waals surface area contributed by atoms with E-state index in [1.165, 1.54) is 31.2 Å². The monoisotopic (exact) mass is 260 g/mol. The highest BCUT2D eigenvalue weighted by Crippen LogP contribution is 2.33. The van der Waals surface area contributed by atoms with Gasteiger partial charge in [-0.3, -0.25) is 4.90 Å². The number of nitrogens with two attached hydrogens (primary N) is 1. The molecule has 1 aromatic carbocycles. The third-order valence-corrected chi connectivity index (χ3v) is 4.58. The van der Waals surface area contributed by atoms with E-state index in [1.807, 2.05) is 0 Å². The van der Waals surface area contributed by atoms with Crippen molar-refractivity contribution in [3.05, 3.63) is 35.9 Å². The summed E-state index contributed by atoms with van der Waals surface area (Å²) in [6, 6.07) is 11.6. The number of hydrogen-bond acceptors (Lipinski definition) is 3. The number of benzene rings is 1. The van der Waals surface area contributed by atoms with Gasteiger partial charge in [0.1, 0.15) is 0 Å². The lowest BCUT2D eigenvalue weighted by molar-refractivity contribution is -0.102. The summed E-state index contributed by atoms with van der Waals surface area (Å²) in [6.07, 6.45) is 5.54. The molecule has 3 heteroatoms. The molecule has 104 valence electrons. The van der Waals surface area contributed by atoms with Gasteiger partial charge in [0.05, 0.1) is 12.7 Å². The molecule has 0 aromatic heterocycles. The number of rotatable bonds is 3. The smallest absolute Gasteiger partial charge is 0.0731 e. The maximum absolute atomic E-state index is 6.07. The Labute approximate surface area is 115 Å². The Morgan fingerprint density at radius 2 is 2.00 bits per heavy atom. The van der Waals surface area contributed by atoms with Gasteiger partial charge in [-0.15, -0.1) is 0 Å². The zero-order valence-corrected chi connectivity index (χ0v) is 11.5. The molecule has 3 rings (SSSR count).